The average molecular weight is 131 g/mol. The summed E-state index contributed by atoms with van der Waals surface area (Å²) >= 11 is 0. The maximum atomic E-state index is 12.5. The van der Waals surface area contributed by atoms with Gasteiger partial charge >= 0.3 is 0 Å². The molecule has 1 aliphatic rings. The number of hydrogen-bond acceptors (Lipinski definition) is 1. The second kappa shape index (κ2) is 2.65. The van der Waals surface area contributed by atoms with E-state index in [2.05, 4.69) is 19.2 Å². The molecule has 54 valence electrons. The molecule has 1 rings (SSSR count). The van der Waals surface area contributed by atoms with Crippen molar-refractivity contribution < 1.29 is 4.39 Å². The smallest absolute Gasteiger partial charge is 0.128 e. The normalized spacial score (nSPS) is 34.7. The zero-order chi connectivity index (χ0) is 6.85. The van der Waals surface area contributed by atoms with Gasteiger partial charge < -0.3 is 5.32 Å². The van der Waals surface area contributed by atoms with Gasteiger partial charge in [-0.05, 0) is 12.3 Å². The Bertz CT molecular complexity index is 92.9. The molecule has 1 fully saturated rings. The molecule has 0 aromatic carbocycles. The van der Waals surface area contributed by atoms with E-state index in [1.165, 1.54) is 0 Å². The minimum atomic E-state index is -0.576. The summed E-state index contributed by atoms with van der Waals surface area (Å²) in [6, 6.07) is 0.157. The zero-order valence-electron chi connectivity index (χ0n) is 6.02. The third-order valence-electron chi connectivity index (χ3n) is 1.74. The van der Waals surface area contributed by atoms with Gasteiger partial charge in [-0.15, -0.1) is 0 Å². The van der Waals surface area contributed by atoms with Gasteiger partial charge in [0.25, 0.3) is 0 Å². The Morgan fingerprint density at radius 2 is 2.33 bits per heavy atom. The van der Waals surface area contributed by atoms with E-state index in [1.54, 1.807) is 0 Å². The molecule has 2 atom stereocenters. The molecule has 0 radical (unpaired) electrons. The molecular formula is C7H14FN. The van der Waals surface area contributed by atoms with E-state index in [4.69, 9.17) is 0 Å². The van der Waals surface area contributed by atoms with Crippen LogP contribution in [-0.4, -0.2) is 18.8 Å². The zero-order valence-corrected chi connectivity index (χ0v) is 6.02. The Morgan fingerprint density at radius 3 is 2.44 bits per heavy atom. The van der Waals surface area contributed by atoms with Crippen LogP contribution in [0.25, 0.3) is 0 Å². The maximum Gasteiger partial charge on any atom is 0.128 e. The van der Waals surface area contributed by atoms with Gasteiger partial charge in [-0.2, -0.15) is 0 Å². The Balaban J connectivity index is 2.13. The minimum Gasteiger partial charge on any atom is -0.308 e. The van der Waals surface area contributed by atoms with Crippen molar-refractivity contribution in [3.8, 4) is 0 Å². The summed E-state index contributed by atoms with van der Waals surface area (Å²) in [4.78, 5) is 0. The molecule has 1 N–H and O–H groups in total. The van der Waals surface area contributed by atoms with Crippen LogP contribution in [0.3, 0.4) is 0 Å². The van der Waals surface area contributed by atoms with Gasteiger partial charge in [0.15, 0.2) is 0 Å². The van der Waals surface area contributed by atoms with Crippen LogP contribution in [0.5, 0.6) is 0 Å². The first-order valence-corrected chi connectivity index (χ1v) is 3.57. The van der Waals surface area contributed by atoms with Gasteiger partial charge in [0.05, 0.1) is 0 Å². The average Bonchev–Trinajstić information content (AvgIpc) is 1.79. The standard InChI is InChI=1S/C7H14FN/c1-5(2)3-7-6(8)4-9-7/h5-7,9H,3-4H2,1-2H3/t6?,7-/m0/s1. The molecule has 0 spiro atoms. The lowest BCUT2D eigenvalue weighted by molar-refractivity contribution is 0.139. The number of halogens is 1. The first kappa shape index (κ1) is 7.00. The molecule has 0 aromatic rings. The van der Waals surface area contributed by atoms with E-state index >= 15 is 0 Å². The highest BCUT2D eigenvalue weighted by molar-refractivity contribution is 4.88. The molecule has 9 heavy (non-hydrogen) atoms. The van der Waals surface area contributed by atoms with Crippen molar-refractivity contribution in [1.29, 1.82) is 0 Å². The third-order valence-corrected chi connectivity index (χ3v) is 1.74. The molecule has 1 saturated heterocycles. The van der Waals surface area contributed by atoms with E-state index in [1.807, 2.05) is 0 Å². The van der Waals surface area contributed by atoms with E-state index in [-0.39, 0.29) is 6.04 Å². The fourth-order valence-electron chi connectivity index (χ4n) is 1.11. The molecule has 1 heterocycles. The summed E-state index contributed by atoms with van der Waals surface area (Å²) in [5, 5.41) is 3.05. The largest absolute Gasteiger partial charge is 0.308 e. The van der Waals surface area contributed by atoms with Gasteiger partial charge in [0.1, 0.15) is 6.17 Å². The van der Waals surface area contributed by atoms with Crippen molar-refractivity contribution in [3.63, 3.8) is 0 Å². The second-order valence-corrected chi connectivity index (χ2v) is 3.16. The van der Waals surface area contributed by atoms with Crippen molar-refractivity contribution in [1.82, 2.24) is 5.32 Å². The summed E-state index contributed by atoms with van der Waals surface area (Å²) in [5.74, 6) is 0.612. The van der Waals surface area contributed by atoms with Crippen LogP contribution in [0.15, 0.2) is 0 Å². The summed E-state index contributed by atoms with van der Waals surface area (Å²) < 4.78 is 12.5. The molecule has 1 aliphatic heterocycles. The topological polar surface area (TPSA) is 12.0 Å². The first-order chi connectivity index (χ1) is 4.20. The molecule has 0 saturated carbocycles. The monoisotopic (exact) mass is 131 g/mol. The lowest BCUT2D eigenvalue weighted by Crippen LogP contribution is -2.55. The summed E-state index contributed by atoms with van der Waals surface area (Å²) in [6.45, 7) is 4.80. The number of alkyl halides is 1. The van der Waals surface area contributed by atoms with Crippen LogP contribution in [0.4, 0.5) is 4.39 Å². The lowest BCUT2D eigenvalue weighted by Gasteiger charge is -2.33. The molecule has 0 bridgehead atoms. The molecule has 0 amide bonds. The van der Waals surface area contributed by atoms with E-state index < -0.39 is 6.17 Å². The summed E-state index contributed by atoms with van der Waals surface area (Å²) in [6.07, 6.45) is 0.397. The van der Waals surface area contributed by atoms with Crippen LogP contribution in [0, 0.1) is 5.92 Å². The van der Waals surface area contributed by atoms with Crippen molar-refractivity contribution in [2.24, 2.45) is 5.92 Å². The van der Waals surface area contributed by atoms with Crippen LogP contribution in [-0.2, 0) is 0 Å². The Kier molecular flexibility index (Phi) is 2.06. The first-order valence-electron chi connectivity index (χ1n) is 3.57. The van der Waals surface area contributed by atoms with Gasteiger partial charge in [-0.1, -0.05) is 13.8 Å². The Hall–Kier alpha value is -0.110. The quantitative estimate of drug-likeness (QED) is 0.596. The van der Waals surface area contributed by atoms with Crippen LogP contribution in [0.1, 0.15) is 20.3 Å². The highest BCUT2D eigenvalue weighted by Crippen LogP contribution is 2.16. The van der Waals surface area contributed by atoms with Gasteiger partial charge in [-0.25, -0.2) is 4.39 Å². The van der Waals surface area contributed by atoms with E-state index in [9.17, 15) is 4.39 Å². The maximum absolute atomic E-state index is 12.5. The van der Waals surface area contributed by atoms with Crippen LogP contribution in [0.2, 0.25) is 0 Å². The predicted octanol–water partition coefficient (Wildman–Crippen LogP) is 1.34. The fourth-order valence-corrected chi connectivity index (χ4v) is 1.11. The van der Waals surface area contributed by atoms with Crippen molar-refractivity contribution in [2.45, 2.75) is 32.5 Å². The van der Waals surface area contributed by atoms with Gasteiger partial charge in [0, 0.05) is 12.6 Å². The Morgan fingerprint density at radius 1 is 1.67 bits per heavy atom. The highest BCUT2D eigenvalue weighted by Gasteiger charge is 2.29. The summed E-state index contributed by atoms with van der Waals surface area (Å²) in [5.41, 5.74) is 0. The van der Waals surface area contributed by atoms with Gasteiger partial charge in [0.2, 0.25) is 0 Å². The van der Waals surface area contributed by atoms with Crippen molar-refractivity contribution in [3.05, 3.63) is 0 Å². The minimum absolute atomic E-state index is 0.157. The SMILES string of the molecule is CC(C)C[C@@H]1NCC1F. The fraction of sp³-hybridized carbons (Fsp3) is 1.00. The van der Waals surface area contributed by atoms with Crippen LogP contribution < -0.4 is 5.32 Å². The van der Waals surface area contributed by atoms with Crippen molar-refractivity contribution >= 4 is 0 Å². The van der Waals surface area contributed by atoms with E-state index in [0.717, 1.165) is 6.42 Å². The number of rotatable bonds is 2. The molecule has 0 aromatic heterocycles. The molecule has 2 heteroatoms. The summed E-state index contributed by atoms with van der Waals surface area (Å²) in [7, 11) is 0. The highest BCUT2D eigenvalue weighted by atomic mass is 19.1. The second-order valence-electron chi connectivity index (χ2n) is 3.16. The molecule has 1 unspecified atom stereocenters. The van der Waals surface area contributed by atoms with Crippen LogP contribution >= 0.6 is 0 Å². The van der Waals surface area contributed by atoms with Crippen molar-refractivity contribution in [2.75, 3.05) is 6.54 Å². The molecular weight excluding hydrogens is 117 g/mol. The number of nitrogens with one attached hydrogen (secondary N) is 1. The molecule has 0 aliphatic carbocycles. The lowest BCUT2D eigenvalue weighted by atomic mass is 9.95. The van der Waals surface area contributed by atoms with Gasteiger partial charge in [-0.3, -0.25) is 0 Å². The Labute approximate surface area is 55.6 Å². The predicted molar refractivity (Wildman–Crippen MR) is 36.1 cm³/mol. The third kappa shape index (κ3) is 1.65. The number of hydrogen-bond donors (Lipinski definition) is 1. The van der Waals surface area contributed by atoms with E-state index in [0.29, 0.717) is 12.5 Å². The molecule has 1 nitrogen and oxygen atoms in total.